The molecule has 0 unspecified atom stereocenters. The van der Waals surface area contributed by atoms with Crippen LogP contribution in [0.5, 0.6) is 11.5 Å². The first-order chi connectivity index (χ1) is 28.4. The summed E-state index contributed by atoms with van der Waals surface area (Å²) in [5.74, 6) is 0.624. The second-order valence-corrected chi connectivity index (χ2v) is 13.8. The Labute approximate surface area is 377 Å². The van der Waals surface area contributed by atoms with Gasteiger partial charge in [-0.05, 0) is 75.7 Å². The zero-order valence-corrected chi connectivity index (χ0v) is 36.2. The topological polar surface area (TPSA) is 177 Å². The molecular formula is C47H42Cu2N8O4. The standard InChI is InChI=1S/C24H22N4O2.C23H20N4O2.2Cu/c1-15-9-10-21(23(30)13-15)25-27-24(19-8-6-5-7-17(19)3)28-26-22-12-16(2)11-18(4)20(22)14-29;1-15-9-10-19(14-28)20(12-15)24-26-23(18-7-5-4-6-8-18)27-25-21-13-16(2)11-17(3)22(21)29;;/h5-13H,1-4H3,(H-,25,26,27,28,29,30);4-13H,1-3H3,(H-,24,25,26,27,28,29);;/q2*-2;2*+2. The number of rotatable bonds is 10. The summed E-state index contributed by atoms with van der Waals surface area (Å²) in [5, 5.41) is 45.8. The molecule has 6 aromatic carbocycles. The summed E-state index contributed by atoms with van der Waals surface area (Å²) in [6.07, 6.45) is 3.80. The molecule has 0 aliphatic rings. The molecule has 0 heterocycles. The van der Waals surface area contributed by atoms with E-state index in [1.54, 1.807) is 43.3 Å². The maximum Gasteiger partial charge on any atom is 2.00 e. The van der Waals surface area contributed by atoms with Gasteiger partial charge in [0.05, 0.1) is 12.6 Å². The van der Waals surface area contributed by atoms with Crippen molar-refractivity contribution in [3.63, 3.8) is 0 Å². The smallest absolute Gasteiger partial charge is 0.571 e. The molecule has 14 heteroatoms. The first-order valence-corrected chi connectivity index (χ1v) is 18.5. The van der Waals surface area contributed by atoms with E-state index < -0.39 is 0 Å². The molecule has 0 bridgehead atoms. The monoisotopic (exact) mass is 908 g/mol. The molecule has 0 aliphatic carbocycles. The van der Waals surface area contributed by atoms with Gasteiger partial charge in [0.1, 0.15) is 11.5 Å². The van der Waals surface area contributed by atoms with Crippen molar-refractivity contribution in [2.24, 2.45) is 30.7 Å². The summed E-state index contributed by atoms with van der Waals surface area (Å²) in [5.41, 5.74) is 18.2. The Hall–Kier alpha value is -6.56. The second kappa shape index (κ2) is 23.3. The van der Waals surface area contributed by atoms with Crippen molar-refractivity contribution >= 4 is 47.0 Å². The van der Waals surface area contributed by atoms with E-state index in [4.69, 9.17) is 0 Å². The zero-order valence-electron chi connectivity index (χ0n) is 34.4. The summed E-state index contributed by atoms with van der Waals surface area (Å²) in [6, 6.07) is 34.5. The predicted octanol–water partition coefficient (Wildman–Crippen LogP) is 12.2. The molecular weight excluding hydrogens is 868 g/mol. The van der Waals surface area contributed by atoms with E-state index in [0.717, 1.165) is 38.9 Å². The van der Waals surface area contributed by atoms with E-state index >= 15 is 0 Å². The van der Waals surface area contributed by atoms with Gasteiger partial charge >= 0.3 is 34.1 Å². The van der Waals surface area contributed by atoms with Crippen LogP contribution < -0.4 is 0 Å². The van der Waals surface area contributed by atoms with E-state index in [9.17, 15) is 19.8 Å². The van der Waals surface area contributed by atoms with E-state index in [0.29, 0.717) is 45.0 Å². The first kappa shape index (κ1) is 48.8. The summed E-state index contributed by atoms with van der Waals surface area (Å²) in [7, 11) is 0. The largest absolute Gasteiger partial charge is 2.00 e. The van der Waals surface area contributed by atoms with Crippen LogP contribution in [0.2, 0.25) is 0 Å². The van der Waals surface area contributed by atoms with Gasteiger partial charge in [0.15, 0.2) is 11.7 Å². The van der Waals surface area contributed by atoms with Crippen LogP contribution in [-0.2, 0) is 43.7 Å². The number of carbonyl (C=O) groups excluding carboxylic acids is 2. The van der Waals surface area contributed by atoms with E-state index in [2.05, 4.69) is 41.5 Å². The molecule has 6 rings (SSSR count). The Morgan fingerprint density at radius 1 is 0.525 bits per heavy atom. The maximum atomic E-state index is 11.4. The van der Waals surface area contributed by atoms with Gasteiger partial charge in [0, 0.05) is 11.1 Å². The number of benzene rings is 6. The fraction of sp³-hybridized carbons (Fsp3) is 0.149. The second-order valence-electron chi connectivity index (χ2n) is 13.8. The fourth-order valence-electron chi connectivity index (χ4n) is 5.78. The molecule has 0 aliphatic heterocycles. The summed E-state index contributed by atoms with van der Waals surface area (Å²) in [6.45, 7) is 13.2. The number of phenols is 2. The minimum atomic E-state index is 0. The minimum absolute atomic E-state index is 0. The van der Waals surface area contributed by atoms with Crippen molar-refractivity contribution in [2.45, 2.75) is 48.5 Å². The Morgan fingerprint density at radius 3 is 1.79 bits per heavy atom. The van der Waals surface area contributed by atoms with Crippen LogP contribution in [0.1, 0.15) is 61.2 Å². The van der Waals surface area contributed by atoms with Crippen molar-refractivity contribution in [2.75, 3.05) is 0 Å². The van der Waals surface area contributed by atoms with Crippen LogP contribution in [0.4, 0.5) is 22.7 Å². The molecule has 0 amide bonds. The molecule has 6 aromatic rings. The van der Waals surface area contributed by atoms with Crippen molar-refractivity contribution in [3.05, 3.63) is 187 Å². The number of amidine groups is 2. The van der Waals surface area contributed by atoms with Gasteiger partial charge in [-0.15, -0.1) is 39.1 Å². The van der Waals surface area contributed by atoms with Gasteiger partial charge in [-0.3, -0.25) is 0 Å². The molecule has 0 fully saturated rings. The van der Waals surface area contributed by atoms with Crippen molar-refractivity contribution < 1.29 is 53.9 Å². The molecule has 0 saturated heterocycles. The van der Waals surface area contributed by atoms with Crippen LogP contribution in [0.3, 0.4) is 0 Å². The number of nitrogens with zero attached hydrogens (tertiary/aromatic N) is 8. The number of hydrogen-bond donors (Lipinski definition) is 2. The predicted molar refractivity (Wildman–Crippen MR) is 233 cm³/mol. The molecule has 0 aromatic heterocycles. The van der Waals surface area contributed by atoms with Crippen LogP contribution in [0.25, 0.3) is 10.9 Å². The molecule has 2 radical (unpaired) electrons. The fourth-order valence-corrected chi connectivity index (χ4v) is 5.78. The van der Waals surface area contributed by atoms with Crippen LogP contribution in [0, 0.1) is 48.5 Å². The normalized spacial score (nSPS) is 11.3. The van der Waals surface area contributed by atoms with E-state index in [1.165, 1.54) is 0 Å². The third-order valence-corrected chi connectivity index (χ3v) is 8.81. The minimum Gasteiger partial charge on any atom is -0.571 e. The van der Waals surface area contributed by atoms with Crippen LogP contribution in [0.15, 0.2) is 146 Å². The van der Waals surface area contributed by atoms with Crippen molar-refractivity contribution in [1.82, 2.24) is 0 Å². The molecule has 0 atom stereocenters. The van der Waals surface area contributed by atoms with E-state index in [1.807, 2.05) is 133 Å². The number of aryl methyl sites for hydroxylation is 7. The average molecular weight is 910 g/mol. The maximum absolute atomic E-state index is 11.4. The van der Waals surface area contributed by atoms with Gasteiger partial charge in [0.2, 0.25) is 0 Å². The molecule has 0 saturated carbocycles. The van der Waals surface area contributed by atoms with Gasteiger partial charge in [-0.2, -0.15) is 6.07 Å². The van der Waals surface area contributed by atoms with Gasteiger partial charge in [0.25, 0.3) is 0 Å². The third kappa shape index (κ3) is 13.5. The first-order valence-electron chi connectivity index (χ1n) is 18.5. The Bertz CT molecular complexity index is 2610. The van der Waals surface area contributed by atoms with Gasteiger partial charge in [-0.25, -0.2) is 10.2 Å². The molecule has 0 spiro atoms. The SMILES string of the molecule is Cc1ccc([C-]=O)c(N=NC(=N[N-]c2cc(C)cc(C)c2O)c2ccccc2)c1.Cc1ccc([N-]N=C(N=Nc2cc(C)cc(C)c2[C-]=O)c2ccccc2C)c(O)c1.[Cu+2].[Cu+2]. The van der Waals surface area contributed by atoms with E-state index in [-0.39, 0.29) is 57.3 Å². The number of azo groups is 2. The summed E-state index contributed by atoms with van der Waals surface area (Å²) in [4.78, 5) is 22.6. The van der Waals surface area contributed by atoms with Crippen LogP contribution in [-0.4, -0.2) is 34.5 Å². The zero-order chi connectivity index (χ0) is 42.5. The quantitative estimate of drug-likeness (QED) is 0.0347. The van der Waals surface area contributed by atoms with Crippen molar-refractivity contribution in [3.8, 4) is 11.5 Å². The Morgan fingerprint density at radius 2 is 1.10 bits per heavy atom. The third-order valence-electron chi connectivity index (χ3n) is 8.81. The Kier molecular flexibility index (Phi) is 18.6. The number of hydrogen-bond acceptors (Lipinski definition) is 8. The van der Waals surface area contributed by atoms with Gasteiger partial charge < -0.3 is 40.9 Å². The molecule has 316 valence electrons. The Balaban J connectivity index is 0.000000315. The number of phenolic OH excluding ortho intramolecular Hbond substituents is 2. The molecule has 2 N–H and O–H groups in total. The average Bonchev–Trinajstić information content (AvgIpc) is 3.21. The molecule has 61 heavy (non-hydrogen) atoms. The summed E-state index contributed by atoms with van der Waals surface area (Å²) >= 11 is 0. The number of aromatic hydroxyl groups is 2. The van der Waals surface area contributed by atoms with Gasteiger partial charge in [-0.1, -0.05) is 126 Å². The van der Waals surface area contributed by atoms with Crippen LogP contribution >= 0.6 is 0 Å². The van der Waals surface area contributed by atoms with Crippen molar-refractivity contribution in [1.29, 1.82) is 0 Å². The summed E-state index contributed by atoms with van der Waals surface area (Å²) < 4.78 is 0. The molecule has 12 nitrogen and oxygen atoms in total.